The number of aryl methyl sites for hydroxylation is 2. The summed E-state index contributed by atoms with van der Waals surface area (Å²) in [5.74, 6) is 0.508. The molecule has 0 bridgehead atoms. The van der Waals surface area contributed by atoms with Crippen LogP contribution in [0.1, 0.15) is 56.9 Å². The first kappa shape index (κ1) is 25.6. The van der Waals surface area contributed by atoms with Gasteiger partial charge >= 0.3 is 0 Å². The van der Waals surface area contributed by atoms with Crippen LogP contribution in [0.25, 0.3) is 33.4 Å². The minimum absolute atomic E-state index is 0.0674. The highest BCUT2D eigenvalue weighted by atomic mass is 19.1. The number of carbonyl (C=O) groups excluding carboxylic acids is 2. The number of rotatable bonds is 7. The number of benzene rings is 3. The van der Waals surface area contributed by atoms with Crippen LogP contribution in [-0.4, -0.2) is 28.7 Å². The van der Waals surface area contributed by atoms with Gasteiger partial charge in [-0.3, -0.25) is 9.59 Å². The van der Waals surface area contributed by atoms with Gasteiger partial charge in [-0.1, -0.05) is 12.1 Å². The normalized spacial score (nSPS) is 13.8. The van der Waals surface area contributed by atoms with Gasteiger partial charge in [0, 0.05) is 47.8 Å². The summed E-state index contributed by atoms with van der Waals surface area (Å²) in [4.78, 5) is 35.5. The maximum Gasteiger partial charge on any atom is 0.255 e. The number of Topliss-reactive ketones (excluding diaryl/α,β-unsaturated/α-hetero) is 1. The van der Waals surface area contributed by atoms with Crippen molar-refractivity contribution in [2.24, 2.45) is 0 Å². The number of ketones is 1. The van der Waals surface area contributed by atoms with Crippen LogP contribution in [0.4, 0.5) is 4.39 Å². The molecular formula is C33H28FN3O3. The van der Waals surface area contributed by atoms with Gasteiger partial charge in [-0.25, -0.2) is 14.4 Å². The Morgan fingerprint density at radius 1 is 0.950 bits per heavy atom. The summed E-state index contributed by atoms with van der Waals surface area (Å²) >= 11 is 0. The molecule has 0 aliphatic heterocycles. The number of halogens is 1. The molecule has 2 heterocycles. The number of fused-ring (bicyclic) bond motifs is 1. The fourth-order valence-electron chi connectivity index (χ4n) is 5.49. The zero-order valence-electron chi connectivity index (χ0n) is 22.5. The second kappa shape index (κ2) is 9.83. The van der Waals surface area contributed by atoms with Crippen LogP contribution in [0, 0.1) is 19.7 Å². The van der Waals surface area contributed by atoms with E-state index in [1.807, 2.05) is 44.2 Å². The summed E-state index contributed by atoms with van der Waals surface area (Å²) < 4.78 is 19.7. The maximum absolute atomic E-state index is 13.6. The van der Waals surface area contributed by atoms with Crippen molar-refractivity contribution < 1.29 is 18.4 Å². The lowest BCUT2D eigenvalue weighted by atomic mass is 9.88. The van der Waals surface area contributed by atoms with E-state index in [9.17, 15) is 14.0 Å². The number of amides is 1. The molecule has 6 nitrogen and oxygen atoms in total. The van der Waals surface area contributed by atoms with E-state index in [2.05, 4.69) is 15.3 Å². The minimum Gasteiger partial charge on any atom is -0.455 e. The van der Waals surface area contributed by atoms with Crippen LogP contribution in [0.15, 0.2) is 77.5 Å². The number of nitrogens with zero attached hydrogens (tertiary/aromatic N) is 2. The van der Waals surface area contributed by atoms with Gasteiger partial charge in [0.05, 0.1) is 5.56 Å². The quantitative estimate of drug-likeness (QED) is 0.228. The van der Waals surface area contributed by atoms with E-state index in [-0.39, 0.29) is 22.9 Å². The number of furan rings is 1. The number of hydrogen-bond acceptors (Lipinski definition) is 5. The number of nitrogens with one attached hydrogen (secondary N) is 1. The Morgan fingerprint density at radius 2 is 1.65 bits per heavy atom. The first-order valence-electron chi connectivity index (χ1n) is 13.3. The molecule has 0 saturated heterocycles. The van der Waals surface area contributed by atoms with Crippen molar-refractivity contribution in [1.29, 1.82) is 0 Å². The van der Waals surface area contributed by atoms with Crippen molar-refractivity contribution in [2.45, 2.75) is 38.5 Å². The second-order valence-corrected chi connectivity index (χ2v) is 10.5. The van der Waals surface area contributed by atoms with E-state index in [1.165, 1.54) is 12.1 Å². The van der Waals surface area contributed by atoms with Crippen molar-refractivity contribution in [2.75, 3.05) is 7.05 Å². The molecule has 1 fully saturated rings. The zero-order chi connectivity index (χ0) is 28.0. The molecule has 3 aromatic carbocycles. The second-order valence-electron chi connectivity index (χ2n) is 10.5. The van der Waals surface area contributed by atoms with Gasteiger partial charge in [-0.15, -0.1) is 0 Å². The fraction of sp³-hybridized carbons (Fsp3) is 0.212. The van der Waals surface area contributed by atoms with Gasteiger partial charge in [-0.2, -0.15) is 0 Å². The lowest BCUT2D eigenvalue weighted by Crippen LogP contribution is -2.18. The van der Waals surface area contributed by atoms with E-state index in [4.69, 9.17) is 4.42 Å². The number of carbonyl (C=O) groups is 2. The summed E-state index contributed by atoms with van der Waals surface area (Å²) in [7, 11) is 1.56. The van der Waals surface area contributed by atoms with Crippen LogP contribution in [-0.2, 0) is 5.41 Å². The lowest BCUT2D eigenvalue weighted by molar-refractivity contribution is 0.0958. The number of aromatic nitrogens is 2. The molecule has 1 aliphatic carbocycles. The van der Waals surface area contributed by atoms with Gasteiger partial charge in [-0.05, 0) is 97.5 Å². The molecule has 1 saturated carbocycles. The van der Waals surface area contributed by atoms with Gasteiger partial charge in [0.25, 0.3) is 5.91 Å². The van der Waals surface area contributed by atoms with Crippen molar-refractivity contribution in [3.05, 3.63) is 107 Å². The highest BCUT2D eigenvalue weighted by Gasteiger charge is 2.48. The standard InChI is InChI=1S/C33H28FN3O3/c1-19-15-20(2)25(27(38)18-33(11-12-33)32-36-13-4-14-37-32)17-24(19)22-7-10-28-26(16-22)29(31(39)35-3)30(40-28)21-5-8-23(34)9-6-21/h4-10,13-17H,11-12,18H2,1-3H3,(H,35,39). The van der Waals surface area contributed by atoms with E-state index >= 15 is 0 Å². The molecule has 1 N–H and O–H groups in total. The first-order chi connectivity index (χ1) is 19.3. The highest BCUT2D eigenvalue weighted by Crippen LogP contribution is 2.50. The molecule has 5 aromatic rings. The molecule has 40 heavy (non-hydrogen) atoms. The number of hydrogen-bond donors (Lipinski definition) is 1. The Labute approximate surface area is 231 Å². The predicted molar refractivity (Wildman–Crippen MR) is 152 cm³/mol. The SMILES string of the molecule is CNC(=O)c1c(-c2ccc(F)cc2)oc2ccc(-c3cc(C(=O)CC4(c5ncccn5)CC4)c(C)cc3C)cc12. The Kier molecular flexibility index (Phi) is 6.29. The van der Waals surface area contributed by atoms with Crippen LogP contribution in [0.5, 0.6) is 0 Å². The average molecular weight is 534 g/mol. The molecule has 1 aliphatic rings. The van der Waals surface area contributed by atoms with Crippen molar-refractivity contribution in [3.8, 4) is 22.5 Å². The molecule has 0 atom stereocenters. The largest absolute Gasteiger partial charge is 0.455 e. The maximum atomic E-state index is 13.6. The molecule has 200 valence electrons. The Bertz CT molecular complexity index is 1770. The summed E-state index contributed by atoms with van der Waals surface area (Å²) in [6.45, 7) is 3.97. The smallest absolute Gasteiger partial charge is 0.255 e. The van der Waals surface area contributed by atoms with Gasteiger partial charge in [0.15, 0.2) is 5.78 Å². The van der Waals surface area contributed by atoms with Crippen LogP contribution in [0.3, 0.4) is 0 Å². The highest BCUT2D eigenvalue weighted by molar-refractivity contribution is 6.12. The van der Waals surface area contributed by atoms with Crippen molar-refractivity contribution in [1.82, 2.24) is 15.3 Å². The molecule has 0 radical (unpaired) electrons. The van der Waals surface area contributed by atoms with E-state index in [0.29, 0.717) is 39.8 Å². The third kappa shape index (κ3) is 4.47. The summed E-state index contributed by atoms with van der Waals surface area (Å²) in [6, 6.07) is 17.3. The Hall–Kier alpha value is -4.65. The predicted octanol–water partition coefficient (Wildman–Crippen LogP) is 6.98. The molecule has 6 rings (SSSR count). The summed E-state index contributed by atoms with van der Waals surface area (Å²) in [5, 5.41) is 3.34. The lowest BCUT2D eigenvalue weighted by Gasteiger charge is -2.16. The molecule has 0 spiro atoms. The molecule has 7 heteroatoms. The molecule has 2 aromatic heterocycles. The van der Waals surface area contributed by atoms with E-state index in [0.717, 1.165) is 40.9 Å². The van der Waals surface area contributed by atoms with Crippen molar-refractivity contribution in [3.63, 3.8) is 0 Å². The average Bonchev–Trinajstić information content (AvgIpc) is 3.64. The summed E-state index contributed by atoms with van der Waals surface area (Å²) in [6.07, 6.45) is 5.61. The van der Waals surface area contributed by atoms with Crippen LogP contribution in [0.2, 0.25) is 0 Å². The Morgan fingerprint density at radius 3 is 2.33 bits per heavy atom. The third-order valence-electron chi connectivity index (χ3n) is 7.82. The topological polar surface area (TPSA) is 85.1 Å². The van der Waals surface area contributed by atoms with Gasteiger partial charge in [0.1, 0.15) is 23.0 Å². The molecule has 1 amide bonds. The van der Waals surface area contributed by atoms with Gasteiger partial charge < -0.3 is 9.73 Å². The molecule has 0 unspecified atom stereocenters. The molecular weight excluding hydrogens is 505 g/mol. The van der Waals surface area contributed by atoms with E-state index < -0.39 is 0 Å². The first-order valence-corrected chi connectivity index (χ1v) is 13.3. The zero-order valence-corrected chi connectivity index (χ0v) is 22.5. The fourth-order valence-corrected chi connectivity index (χ4v) is 5.49. The van der Waals surface area contributed by atoms with Gasteiger partial charge in [0.2, 0.25) is 0 Å². The third-order valence-corrected chi connectivity index (χ3v) is 7.82. The van der Waals surface area contributed by atoms with Crippen molar-refractivity contribution >= 4 is 22.7 Å². The Balaban J connectivity index is 1.41. The summed E-state index contributed by atoms with van der Waals surface area (Å²) in [5.41, 5.74) is 5.63. The van der Waals surface area contributed by atoms with Crippen LogP contribution >= 0.6 is 0 Å². The minimum atomic E-state index is -0.368. The monoisotopic (exact) mass is 533 g/mol. The van der Waals surface area contributed by atoms with Crippen LogP contribution < -0.4 is 5.32 Å². The van der Waals surface area contributed by atoms with E-state index in [1.54, 1.807) is 37.6 Å².